The van der Waals surface area contributed by atoms with E-state index in [0.29, 0.717) is 26.2 Å². The van der Waals surface area contributed by atoms with Gasteiger partial charge in [0.1, 0.15) is 5.82 Å². The molecule has 0 saturated heterocycles. The average Bonchev–Trinajstić information content (AvgIpc) is 2.34. The summed E-state index contributed by atoms with van der Waals surface area (Å²) in [6.07, 6.45) is 1.66. The topological polar surface area (TPSA) is 58.6 Å². The summed E-state index contributed by atoms with van der Waals surface area (Å²) in [6.45, 7) is 3.79. The van der Waals surface area contributed by atoms with Crippen molar-refractivity contribution < 1.29 is 19.0 Å². The first-order valence-electron chi connectivity index (χ1n) is 6.00. The molecular formula is C13H18FNO3. The van der Waals surface area contributed by atoms with Crippen LogP contribution < -0.4 is 5.32 Å². The van der Waals surface area contributed by atoms with Gasteiger partial charge in [-0.15, -0.1) is 0 Å². The fraction of sp³-hybridized carbons (Fsp3) is 0.462. The number of anilines is 1. The second-order valence-electron chi connectivity index (χ2n) is 3.86. The zero-order valence-corrected chi connectivity index (χ0v) is 10.4. The molecule has 0 spiro atoms. The third-order valence-corrected chi connectivity index (χ3v) is 2.36. The molecular weight excluding hydrogens is 237 g/mol. The Morgan fingerprint density at radius 2 is 2.22 bits per heavy atom. The Bertz CT molecular complexity index is 396. The number of rotatable bonds is 8. The van der Waals surface area contributed by atoms with Crippen LogP contribution in [0.4, 0.5) is 10.1 Å². The lowest BCUT2D eigenvalue weighted by Gasteiger charge is -2.10. The molecule has 1 aromatic carbocycles. The maximum atomic E-state index is 13.5. The van der Waals surface area contributed by atoms with Crippen molar-refractivity contribution in [3.8, 4) is 0 Å². The first-order chi connectivity index (χ1) is 8.66. The van der Waals surface area contributed by atoms with E-state index in [0.717, 1.165) is 6.42 Å². The van der Waals surface area contributed by atoms with Gasteiger partial charge < -0.3 is 15.2 Å². The van der Waals surface area contributed by atoms with Crippen molar-refractivity contribution in [3.63, 3.8) is 0 Å². The summed E-state index contributed by atoms with van der Waals surface area (Å²) in [5, 5.41) is 11.7. The maximum Gasteiger partial charge on any atom is 0.337 e. The molecule has 2 N–H and O–H groups in total. The molecule has 1 aromatic rings. The van der Waals surface area contributed by atoms with Gasteiger partial charge in [-0.1, -0.05) is 13.0 Å². The molecule has 0 aliphatic heterocycles. The van der Waals surface area contributed by atoms with Gasteiger partial charge in [0.2, 0.25) is 0 Å². The highest BCUT2D eigenvalue weighted by atomic mass is 19.1. The lowest BCUT2D eigenvalue weighted by atomic mass is 10.1. The molecule has 0 aliphatic carbocycles. The van der Waals surface area contributed by atoms with E-state index in [1.807, 2.05) is 6.92 Å². The van der Waals surface area contributed by atoms with Crippen LogP contribution in [0.15, 0.2) is 18.2 Å². The Morgan fingerprint density at radius 1 is 1.44 bits per heavy atom. The van der Waals surface area contributed by atoms with Crippen LogP contribution in [-0.2, 0) is 4.74 Å². The number of para-hydroxylation sites is 1. The average molecular weight is 255 g/mol. The minimum atomic E-state index is -1.14. The first-order valence-corrected chi connectivity index (χ1v) is 6.00. The van der Waals surface area contributed by atoms with Crippen LogP contribution in [0.3, 0.4) is 0 Å². The predicted molar refractivity (Wildman–Crippen MR) is 67.6 cm³/mol. The first kappa shape index (κ1) is 14.4. The van der Waals surface area contributed by atoms with E-state index < -0.39 is 11.8 Å². The minimum absolute atomic E-state index is 0.0421. The van der Waals surface area contributed by atoms with Crippen LogP contribution in [0.5, 0.6) is 0 Å². The number of aromatic carboxylic acids is 1. The van der Waals surface area contributed by atoms with Crippen molar-refractivity contribution in [3.05, 3.63) is 29.6 Å². The molecule has 0 atom stereocenters. The Morgan fingerprint density at radius 3 is 2.89 bits per heavy atom. The van der Waals surface area contributed by atoms with Crippen LogP contribution in [0.1, 0.15) is 30.1 Å². The van der Waals surface area contributed by atoms with Crippen molar-refractivity contribution in [1.82, 2.24) is 0 Å². The van der Waals surface area contributed by atoms with Crippen LogP contribution >= 0.6 is 0 Å². The van der Waals surface area contributed by atoms with Crippen molar-refractivity contribution in [2.75, 3.05) is 25.1 Å². The van der Waals surface area contributed by atoms with Gasteiger partial charge in [-0.25, -0.2) is 9.18 Å². The number of benzene rings is 1. The molecule has 4 nitrogen and oxygen atoms in total. The number of carboxylic acid groups (broad SMARTS) is 1. The lowest BCUT2D eigenvalue weighted by Crippen LogP contribution is -2.11. The summed E-state index contributed by atoms with van der Waals surface area (Å²) in [5.74, 6) is -1.69. The van der Waals surface area contributed by atoms with E-state index in [9.17, 15) is 9.18 Å². The van der Waals surface area contributed by atoms with Crippen molar-refractivity contribution >= 4 is 11.7 Å². The zero-order valence-electron chi connectivity index (χ0n) is 10.4. The highest BCUT2D eigenvalue weighted by molar-refractivity contribution is 5.94. The van der Waals surface area contributed by atoms with Crippen molar-refractivity contribution in [1.29, 1.82) is 0 Å². The smallest absolute Gasteiger partial charge is 0.337 e. The molecule has 0 aromatic heterocycles. The zero-order chi connectivity index (χ0) is 13.4. The van der Waals surface area contributed by atoms with Crippen molar-refractivity contribution in [2.24, 2.45) is 0 Å². The highest BCUT2D eigenvalue weighted by Crippen LogP contribution is 2.19. The second-order valence-corrected chi connectivity index (χ2v) is 3.86. The van der Waals surface area contributed by atoms with E-state index in [2.05, 4.69) is 5.32 Å². The monoisotopic (exact) mass is 255 g/mol. The van der Waals surface area contributed by atoms with E-state index in [-0.39, 0.29) is 11.3 Å². The van der Waals surface area contributed by atoms with Crippen LogP contribution in [0, 0.1) is 5.82 Å². The van der Waals surface area contributed by atoms with Gasteiger partial charge in [0, 0.05) is 19.8 Å². The molecule has 0 amide bonds. The van der Waals surface area contributed by atoms with Crippen molar-refractivity contribution in [2.45, 2.75) is 19.8 Å². The SMILES string of the molecule is CCCOCCCNc1c(F)cccc1C(=O)O. The molecule has 0 unspecified atom stereocenters. The van der Waals surface area contributed by atoms with Gasteiger partial charge in [0.25, 0.3) is 0 Å². The Labute approximate surface area is 106 Å². The highest BCUT2D eigenvalue weighted by Gasteiger charge is 2.13. The van der Waals surface area contributed by atoms with Gasteiger partial charge in [0.15, 0.2) is 0 Å². The molecule has 18 heavy (non-hydrogen) atoms. The van der Waals surface area contributed by atoms with E-state index in [1.165, 1.54) is 18.2 Å². The summed E-state index contributed by atoms with van der Waals surface area (Å²) in [6, 6.07) is 4.00. The maximum absolute atomic E-state index is 13.5. The Kier molecular flexibility index (Phi) is 6.14. The van der Waals surface area contributed by atoms with Crippen LogP contribution in [-0.4, -0.2) is 30.8 Å². The quantitative estimate of drug-likeness (QED) is 0.701. The summed E-state index contributed by atoms with van der Waals surface area (Å²) < 4.78 is 18.8. The Balaban J connectivity index is 2.48. The van der Waals surface area contributed by atoms with Crippen LogP contribution in [0.2, 0.25) is 0 Å². The number of ether oxygens (including phenoxy) is 1. The lowest BCUT2D eigenvalue weighted by molar-refractivity contribution is 0.0697. The molecule has 0 saturated carbocycles. The summed E-state index contributed by atoms with van der Waals surface area (Å²) in [4.78, 5) is 10.9. The number of carbonyl (C=O) groups is 1. The summed E-state index contributed by atoms with van der Waals surface area (Å²) in [7, 11) is 0. The fourth-order valence-corrected chi connectivity index (χ4v) is 1.52. The number of carboxylic acids is 1. The molecule has 0 radical (unpaired) electrons. The number of nitrogens with one attached hydrogen (secondary N) is 1. The third-order valence-electron chi connectivity index (χ3n) is 2.36. The predicted octanol–water partition coefficient (Wildman–Crippen LogP) is 2.75. The number of halogens is 1. The van der Waals surface area contributed by atoms with E-state index >= 15 is 0 Å². The van der Waals surface area contributed by atoms with Gasteiger partial charge in [-0.05, 0) is 25.0 Å². The molecule has 0 heterocycles. The third kappa shape index (κ3) is 4.33. The van der Waals surface area contributed by atoms with Crippen LogP contribution in [0.25, 0.3) is 0 Å². The largest absolute Gasteiger partial charge is 0.478 e. The molecule has 0 bridgehead atoms. The fourth-order valence-electron chi connectivity index (χ4n) is 1.52. The van der Waals surface area contributed by atoms with E-state index in [1.54, 1.807) is 0 Å². The van der Waals surface area contributed by atoms with E-state index in [4.69, 9.17) is 9.84 Å². The van der Waals surface area contributed by atoms with Gasteiger partial charge in [-0.2, -0.15) is 0 Å². The second kappa shape index (κ2) is 7.66. The summed E-state index contributed by atoms with van der Waals surface area (Å²) in [5.41, 5.74) is -0.00929. The molecule has 1 rings (SSSR count). The Hall–Kier alpha value is -1.62. The van der Waals surface area contributed by atoms with Gasteiger partial charge in [0.05, 0.1) is 11.3 Å². The standard InChI is InChI=1S/C13H18FNO3/c1-2-8-18-9-4-7-15-12-10(13(16)17)5-3-6-11(12)14/h3,5-6,15H,2,4,7-9H2,1H3,(H,16,17). The normalized spacial score (nSPS) is 10.3. The van der Waals surface area contributed by atoms with Gasteiger partial charge >= 0.3 is 5.97 Å². The van der Waals surface area contributed by atoms with Gasteiger partial charge in [-0.3, -0.25) is 0 Å². The molecule has 100 valence electrons. The molecule has 0 fully saturated rings. The number of hydrogen-bond donors (Lipinski definition) is 2. The number of hydrogen-bond acceptors (Lipinski definition) is 3. The molecule has 5 heteroatoms. The summed E-state index contributed by atoms with van der Waals surface area (Å²) >= 11 is 0. The minimum Gasteiger partial charge on any atom is -0.478 e. The molecule has 0 aliphatic rings.